The highest BCUT2D eigenvalue weighted by molar-refractivity contribution is 7.14. The fraction of sp³-hybridized carbons (Fsp3) is 0.100. The lowest BCUT2D eigenvalue weighted by Crippen LogP contribution is -2.19. The lowest BCUT2D eigenvalue weighted by atomic mass is 10.2. The first-order chi connectivity index (χ1) is 14.4. The summed E-state index contributed by atoms with van der Waals surface area (Å²) >= 11 is 7.03. The summed E-state index contributed by atoms with van der Waals surface area (Å²) in [4.78, 5) is 39.7. The third-order valence-corrected chi connectivity index (χ3v) is 4.74. The molecule has 0 atom stereocenters. The van der Waals surface area contributed by atoms with E-state index in [-0.39, 0.29) is 18.2 Å². The highest BCUT2D eigenvalue weighted by Gasteiger charge is 2.11. The van der Waals surface area contributed by atoms with Crippen LogP contribution in [0.5, 0.6) is 0 Å². The quantitative estimate of drug-likeness (QED) is 0.446. The van der Waals surface area contributed by atoms with Crippen LogP contribution in [0.4, 0.5) is 27.0 Å². The van der Waals surface area contributed by atoms with Crippen molar-refractivity contribution in [2.75, 3.05) is 21.3 Å². The number of nitrogens with zero attached hydrogens (tertiary/aromatic N) is 1. The van der Waals surface area contributed by atoms with Gasteiger partial charge in [0.2, 0.25) is 11.8 Å². The summed E-state index contributed by atoms with van der Waals surface area (Å²) in [5, 5.41) is 13.4. The van der Waals surface area contributed by atoms with Gasteiger partial charge in [-0.05, 0) is 42.5 Å². The van der Waals surface area contributed by atoms with Crippen molar-refractivity contribution in [2.45, 2.75) is 13.3 Å². The molecule has 0 aliphatic rings. The first kappa shape index (κ1) is 21.3. The number of rotatable bonds is 6. The molecule has 0 saturated heterocycles. The molecule has 1 aromatic heterocycles. The lowest BCUT2D eigenvalue weighted by molar-refractivity contribution is -0.116. The van der Waals surface area contributed by atoms with E-state index in [2.05, 4.69) is 26.3 Å². The molecule has 1 heterocycles. The summed E-state index contributed by atoms with van der Waals surface area (Å²) in [6.45, 7) is 1.41. The maximum Gasteiger partial charge on any atom is 0.325 e. The molecule has 0 aliphatic carbocycles. The molecule has 3 rings (SSSR count). The van der Waals surface area contributed by atoms with Crippen LogP contribution in [0.3, 0.4) is 0 Å². The molecule has 30 heavy (non-hydrogen) atoms. The van der Waals surface area contributed by atoms with Crippen LogP contribution in [0.25, 0.3) is 0 Å². The van der Waals surface area contributed by atoms with Gasteiger partial charge in [-0.15, -0.1) is 11.3 Å². The fourth-order valence-corrected chi connectivity index (χ4v) is 3.32. The maximum atomic E-state index is 12.3. The van der Waals surface area contributed by atoms with Crippen molar-refractivity contribution < 1.29 is 14.4 Å². The number of carbonyl (C=O) groups is 3. The number of carbonyl (C=O) groups excluding carboxylic acids is 3. The minimum absolute atomic E-state index is 0.0430. The maximum absolute atomic E-state index is 12.3. The van der Waals surface area contributed by atoms with Gasteiger partial charge in [0.25, 0.3) is 0 Å². The Morgan fingerprint density at radius 3 is 2.33 bits per heavy atom. The number of anilines is 4. The number of urea groups is 1. The van der Waals surface area contributed by atoms with Crippen LogP contribution < -0.4 is 21.3 Å². The molecule has 0 saturated carbocycles. The average molecular weight is 444 g/mol. The Bertz CT molecular complexity index is 1070. The van der Waals surface area contributed by atoms with E-state index in [9.17, 15) is 14.4 Å². The number of hydrogen-bond donors (Lipinski definition) is 4. The predicted molar refractivity (Wildman–Crippen MR) is 119 cm³/mol. The normalized spacial score (nSPS) is 10.2. The fourth-order valence-electron chi connectivity index (χ4n) is 2.49. The average Bonchev–Trinajstić information content (AvgIpc) is 3.09. The number of amides is 4. The van der Waals surface area contributed by atoms with Crippen LogP contribution in [0.1, 0.15) is 12.6 Å². The van der Waals surface area contributed by atoms with Gasteiger partial charge in [-0.3, -0.25) is 14.9 Å². The monoisotopic (exact) mass is 443 g/mol. The zero-order chi connectivity index (χ0) is 21.5. The van der Waals surface area contributed by atoms with E-state index < -0.39 is 6.03 Å². The third kappa shape index (κ3) is 6.57. The van der Waals surface area contributed by atoms with Crippen LogP contribution in [0, 0.1) is 0 Å². The van der Waals surface area contributed by atoms with Crippen molar-refractivity contribution in [3.63, 3.8) is 0 Å². The van der Waals surface area contributed by atoms with Gasteiger partial charge in [0.1, 0.15) is 0 Å². The summed E-state index contributed by atoms with van der Waals surface area (Å²) < 4.78 is 0. The molecule has 0 aliphatic heterocycles. The molecule has 4 amide bonds. The Morgan fingerprint density at radius 2 is 1.63 bits per heavy atom. The van der Waals surface area contributed by atoms with E-state index >= 15 is 0 Å². The largest absolute Gasteiger partial charge is 0.326 e. The summed E-state index contributed by atoms with van der Waals surface area (Å²) in [5.74, 6) is -0.460. The van der Waals surface area contributed by atoms with E-state index in [1.165, 1.54) is 18.3 Å². The molecule has 8 nitrogen and oxygen atoms in total. The van der Waals surface area contributed by atoms with Crippen molar-refractivity contribution in [3.05, 3.63) is 64.6 Å². The van der Waals surface area contributed by atoms with E-state index in [1.807, 2.05) is 0 Å². The smallest absolute Gasteiger partial charge is 0.325 e. The van der Waals surface area contributed by atoms with Crippen LogP contribution in [-0.4, -0.2) is 22.8 Å². The van der Waals surface area contributed by atoms with E-state index in [0.717, 1.165) is 0 Å². The molecule has 0 radical (unpaired) electrons. The van der Waals surface area contributed by atoms with Crippen LogP contribution in [0.15, 0.2) is 53.9 Å². The summed E-state index contributed by atoms with van der Waals surface area (Å²) in [5.41, 5.74) is 2.26. The Morgan fingerprint density at radius 1 is 0.933 bits per heavy atom. The van der Waals surface area contributed by atoms with Crippen molar-refractivity contribution in [2.24, 2.45) is 0 Å². The zero-order valence-electron chi connectivity index (χ0n) is 15.9. The van der Waals surface area contributed by atoms with Gasteiger partial charge in [0.15, 0.2) is 5.13 Å². The minimum atomic E-state index is -0.447. The highest BCUT2D eigenvalue weighted by Crippen LogP contribution is 2.19. The van der Waals surface area contributed by atoms with Crippen molar-refractivity contribution in [1.82, 2.24) is 4.98 Å². The van der Waals surface area contributed by atoms with Crippen molar-refractivity contribution in [1.29, 1.82) is 0 Å². The summed E-state index contributed by atoms with van der Waals surface area (Å²) in [6, 6.07) is 13.1. The number of benzene rings is 2. The number of halogens is 1. The first-order valence-corrected chi connectivity index (χ1v) is 10.1. The Hall–Kier alpha value is -3.43. The van der Waals surface area contributed by atoms with Gasteiger partial charge in [0, 0.05) is 34.4 Å². The molecule has 2 aromatic carbocycles. The van der Waals surface area contributed by atoms with Gasteiger partial charge >= 0.3 is 6.03 Å². The summed E-state index contributed by atoms with van der Waals surface area (Å²) in [6.07, 6.45) is 0.0430. The number of hydrogen-bond acceptors (Lipinski definition) is 5. The topological polar surface area (TPSA) is 112 Å². The minimum Gasteiger partial charge on any atom is -0.326 e. The molecule has 154 valence electrons. The predicted octanol–water partition coefficient (Wildman–Crippen LogP) is 4.58. The molecule has 0 bridgehead atoms. The zero-order valence-corrected chi connectivity index (χ0v) is 17.4. The first-order valence-electron chi connectivity index (χ1n) is 8.83. The second kappa shape index (κ2) is 9.86. The Balaban J connectivity index is 1.52. The molecular weight excluding hydrogens is 426 g/mol. The van der Waals surface area contributed by atoms with Gasteiger partial charge in [0.05, 0.1) is 12.1 Å². The number of aromatic nitrogens is 1. The molecule has 3 aromatic rings. The molecule has 0 unspecified atom stereocenters. The van der Waals surface area contributed by atoms with Gasteiger partial charge in [-0.25, -0.2) is 9.78 Å². The summed E-state index contributed by atoms with van der Waals surface area (Å²) in [7, 11) is 0. The number of nitrogens with one attached hydrogen (secondary N) is 4. The second-order valence-electron chi connectivity index (χ2n) is 6.22. The SMILES string of the molecule is CC(=O)Nc1cccc(NC(=O)Cc2csc(NC(=O)Nc3ccc(Cl)cc3)n2)c1. The molecule has 4 N–H and O–H groups in total. The highest BCUT2D eigenvalue weighted by atomic mass is 35.5. The number of thiazole rings is 1. The second-order valence-corrected chi connectivity index (χ2v) is 7.51. The molecular formula is C20H18ClN5O3S. The van der Waals surface area contributed by atoms with Crippen LogP contribution in [0.2, 0.25) is 5.02 Å². The van der Waals surface area contributed by atoms with Crippen molar-refractivity contribution in [3.8, 4) is 0 Å². The molecule has 0 fully saturated rings. The van der Waals surface area contributed by atoms with E-state index in [0.29, 0.717) is 32.9 Å². The van der Waals surface area contributed by atoms with Crippen molar-refractivity contribution >= 4 is 63.0 Å². The third-order valence-electron chi connectivity index (χ3n) is 3.68. The Kier molecular flexibility index (Phi) is 6.99. The van der Waals surface area contributed by atoms with E-state index in [4.69, 9.17) is 11.6 Å². The van der Waals surface area contributed by atoms with Gasteiger partial charge < -0.3 is 16.0 Å². The van der Waals surface area contributed by atoms with Crippen LogP contribution in [-0.2, 0) is 16.0 Å². The molecule has 0 spiro atoms. The van der Waals surface area contributed by atoms with Gasteiger partial charge in [-0.1, -0.05) is 17.7 Å². The molecule has 10 heteroatoms. The van der Waals surface area contributed by atoms with Crippen LogP contribution >= 0.6 is 22.9 Å². The standard InChI is InChI=1S/C20H18ClN5O3S/c1-12(27)22-15-3-2-4-16(9-15)23-18(28)10-17-11-30-20(25-17)26-19(29)24-14-7-5-13(21)6-8-14/h2-9,11H,10H2,1H3,(H,22,27)(H,23,28)(H2,24,25,26,29). The van der Waals surface area contributed by atoms with Gasteiger partial charge in [-0.2, -0.15) is 0 Å². The van der Waals surface area contributed by atoms with E-state index in [1.54, 1.807) is 53.9 Å². The Labute approximate surface area is 181 Å². The lowest BCUT2D eigenvalue weighted by Gasteiger charge is -2.07.